The van der Waals surface area contributed by atoms with E-state index in [0.717, 1.165) is 37.7 Å². The number of hydrogen-bond donors (Lipinski definition) is 1. The van der Waals surface area contributed by atoms with E-state index in [1.807, 2.05) is 13.0 Å². The van der Waals surface area contributed by atoms with Gasteiger partial charge in [-0.25, -0.2) is 4.79 Å². The minimum Gasteiger partial charge on any atom is -0.493 e. The monoisotopic (exact) mass is 518 g/mol. The first kappa shape index (κ1) is 28.8. The molecule has 9 nitrogen and oxygen atoms in total. The predicted molar refractivity (Wildman–Crippen MR) is 138 cm³/mol. The highest BCUT2D eigenvalue weighted by Crippen LogP contribution is 2.40. The minimum absolute atomic E-state index is 0.0105. The van der Waals surface area contributed by atoms with E-state index in [1.54, 1.807) is 45.1 Å². The molecule has 1 amide bonds. The minimum atomic E-state index is -0.641. The molecule has 0 aromatic heterocycles. The molecule has 5 atom stereocenters. The van der Waals surface area contributed by atoms with E-state index in [-0.39, 0.29) is 37.0 Å². The van der Waals surface area contributed by atoms with Crippen LogP contribution < -0.4 is 14.8 Å². The quantitative estimate of drug-likeness (QED) is 0.419. The number of benzene rings is 1. The zero-order valence-electron chi connectivity index (χ0n) is 22.8. The third-order valence-corrected chi connectivity index (χ3v) is 7.41. The number of ether oxygens (including phenoxy) is 4. The zero-order valence-corrected chi connectivity index (χ0v) is 22.8. The second kappa shape index (κ2) is 13.7. The molecule has 0 radical (unpaired) electrons. The van der Waals surface area contributed by atoms with Gasteiger partial charge in [0.1, 0.15) is 18.7 Å². The van der Waals surface area contributed by atoms with Gasteiger partial charge in [0, 0.05) is 6.04 Å². The van der Waals surface area contributed by atoms with Crippen molar-refractivity contribution in [2.24, 2.45) is 5.92 Å². The standard InChI is InChI=1S/C28H42N2O7/c1-6-10-21(27(32)36-7-2)29-18(3)26(31)30-22-12-9-8-11-20(22)16-23(30)28(33)37-17-19-13-14-24(34-4)25(15-19)35-5/h13-15,18,20-23,29H,6-12,16-17H2,1-5H3. The first-order valence-corrected chi connectivity index (χ1v) is 13.5. The van der Waals surface area contributed by atoms with Crippen molar-refractivity contribution in [2.45, 2.75) is 96.5 Å². The normalized spacial score (nSPS) is 22.5. The Morgan fingerprint density at radius 1 is 1.05 bits per heavy atom. The zero-order chi connectivity index (χ0) is 26.9. The van der Waals surface area contributed by atoms with Crippen LogP contribution in [0.15, 0.2) is 18.2 Å². The molecule has 1 aliphatic heterocycles. The number of amides is 1. The number of hydrogen-bond acceptors (Lipinski definition) is 8. The molecule has 5 unspecified atom stereocenters. The van der Waals surface area contributed by atoms with Crippen LogP contribution in [-0.2, 0) is 30.5 Å². The Morgan fingerprint density at radius 2 is 1.78 bits per heavy atom. The van der Waals surface area contributed by atoms with E-state index in [9.17, 15) is 14.4 Å². The van der Waals surface area contributed by atoms with Crippen molar-refractivity contribution in [3.05, 3.63) is 23.8 Å². The van der Waals surface area contributed by atoms with Gasteiger partial charge in [0.05, 0.1) is 26.9 Å². The molecule has 1 N–H and O–H groups in total. The summed E-state index contributed by atoms with van der Waals surface area (Å²) in [5.41, 5.74) is 0.770. The third-order valence-electron chi connectivity index (χ3n) is 7.41. The Morgan fingerprint density at radius 3 is 2.46 bits per heavy atom. The number of carbonyl (C=O) groups excluding carboxylic acids is 3. The van der Waals surface area contributed by atoms with Crippen molar-refractivity contribution >= 4 is 17.8 Å². The first-order chi connectivity index (χ1) is 17.8. The lowest BCUT2D eigenvalue weighted by Crippen LogP contribution is -2.55. The summed E-state index contributed by atoms with van der Waals surface area (Å²) in [7, 11) is 3.12. The second-order valence-electron chi connectivity index (χ2n) is 9.89. The maximum Gasteiger partial charge on any atom is 0.329 e. The Hall–Kier alpha value is -2.81. The van der Waals surface area contributed by atoms with E-state index >= 15 is 0 Å². The fourth-order valence-corrected chi connectivity index (χ4v) is 5.61. The number of nitrogens with zero attached hydrogens (tertiary/aromatic N) is 1. The van der Waals surface area contributed by atoms with Crippen molar-refractivity contribution in [1.82, 2.24) is 10.2 Å². The molecular weight excluding hydrogens is 476 g/mol. The number of likely N-dealkylation sites (tertiary alicyclic amines) is 1. The van der Waals surface area contributed by atoms with Gasteiger partial charge in [0.15, 0.2) is 11.5 Å². The van der Waals surface area contributed by atoms with E-state index in [4.69, 9.17) is 18.9 Å². The van der Waals surface area contributed by atoms with Gasteiger partial charge in [0.25, 0.3) is 0 Å². The number of rotatable bonds is 12. The fraction of sp³-hybridized carbons (Fsp3) is 0.679. The van der Waals surface area contributed by atoms with Crippen LogP contribution in [0, 0.1) is 5.92 Å². The lowest BCUT2D eigenvalue weighted by molar-refractivity contribution is -0.157. The molecule has 1 aliphatic carbocycles. The number of carbonyl (C=O) groups is 3. The highest BCUT2D eigenvalue weighted by molar-refractivity contribution is 5.89. The molecule has 37 heavy (non-hydrogen) atoms. The Balaban J connectivity index is 1.73. The average molecular weight is 519 g/mol. The fourth-order valence-electron chi connectivity index (χ4n) is 5.61. The van der Waals surface area contributed by atoms with Gasteiger partial charge in [-0.3, -0.25) is 14.9 Å². The SMILES string of the molecule is CCCC(NC(C)C(=O)N1C(C(=O)OCc2ccc(OC)c(OC)c2)CC2CCCCC21)C(=O)OCC. The maximum absolute atomic E-state index is 13.7. The Labute approximate surface area is 220 Å². The lowest BCUT2D eigenvalue weighted by Gasteiger charge is -2.35. The van der Waals surface area contributed by atoms with E-state index in [2.05, 4.69) is 5.32 Å². The molecule has 1 aromatic carbocycles. The summed E-state index contributed by atoms with van der Waals surface area (Å²) in [6.45, 7) is 5.86. The smallest absolute Gasteiger partial charge is 0.329 e. The molecule has 1 saturated carbocycles. The van der Waals surface area contributed by atoms with Gasteiger partial charge < -0.3 is 23.8 Å². The summed E-state index contributed by atoms with van der Waals surface area (Å²) in [6, 6.07) is 3.53. The van der Waals surface area contributed by atoms with Crippen LogP contribution >= 0.6 is 0 Å². The van der Waals surface area contributed by atoms with Crippen LogP contribution in [0.2, 0.25) is 0 Å². The van der Waals surface area contributed by atoms with Crippen LogP contribution in [0.25, 0.3) is 0 Å². The van der Waals surface area contributed by atoms with Crippen LogP contribution in [0.3, 0.4) is 0 Å². The highest BCUT2D eigenvalue weighted by atomic mass is 16.5. The predicted octanol–water partition coefficient (Wildman–Crippen LogP) is 3.62. The molecule has 0 spiro atoms. The topological polar surface area (TPSA) is 103 Å². The van der Waals surface area contributed by atoms with Gasteiger partial charge in [-0.1, -0.05) is 32.3 Å². The molecule has 2 fully saturated rings. The lowest BCUT2D eigenvalue weighted by atomic mass is 9.84. The molecule has 1 saturated heterocycles. The molecule has 0 bridgehead atoms. The summed E-state index contributed by atoms with van der Waals surface area (Å²) in [6.07, 6.45) is 5.95. The van der Waals surface area contributed by atoms with Gasteiger partial charge in [-0.05, 0) is 63.1 Å². The van der Waals surface area contributed by atoms with Crippen molar-refractivity contribution in [3.8, 4) is 11.5 Å². The molecule has 1 aromatic rings. The summed E-state index contributed by atoms with van der Waals surface area (Å²) < 4.78 is 21.5. The van der Waals surface area contributed by atoms with E-state index in [1.165, 1.54) is 0 Å². The second-order valence-corrected chi connectivity index (χ2v) is 9.89. The summed E-state index contributed by atoms with van der Waals surface area (Å²) in [5.74, 6) is 0.503. The van der Waals surface area contributed by atoms with Crippen LogP contribution in [-0.4, -0.2) is 67.7 Å². The summed E-state index contributed by atoms with van der Waals surface area (Å²) >= 11 is 0. The molecule has 2 aliphatic rings. The van der Waals surface area contributed by atoms with Crippen molar-refractivity contribution in [1.29, 1.82) is 0 Å². The molecule has 9 heteroatoms. The summed E-state index contributed by atoms with van der Waals surface area (Å²) in [5, 5.41) is 3.17. The Bertz CT molecular complexity index is 937. The van der Waals surface area contributed by atoms with Crippen molar-refractivity contribution in [2.75, 3.05) is 20.8 Å². The Kier molecular flexibility index (Phi) is 10.6. The largest absolute Gasteiger partial charge is 0.493 e. The highest BCUT2D eigenvalue weighted by Gasteiger charge is 2.49. The molecular formula is C28H42N2O7. The number of fused-ring (bicyclic) bond motifs is 1. The van der Waals surface area contributed by atoms with Crippen molar-refractivity contribution < 1.29 is 33.3 Å². The van der Waals surface area contributed by atoms with Crippen LogP contribution in [0.4, 0.5) is 0 Å². The number of methoxy groups -OCH3 is 2. The van der Waals surface area contributed by atoms with Crippen molar-refractivity contribution in [3.63, 3.8) is 0 Å². The van der Waals surface area contributed by atoms with Crippen LogP contribution in [0.5, 0.6) is 11.5 Å². The van der Waals surface area contributed by atoms with Gasteiger partial charge in [-0.2, -0.15) is 0 Å². The average Bonchev–Trinajstić information content (AvgIpc) is 3.30. The molecule has 1 heterocycles. The molecule has 3 rings (SSSR count). The van der Waals surface area contributed by atoms with E-state index in [0.29, 0.717) is 24.3 Å². The maximum atomic E-state index is 13.7. The number of nitrogens with one attached hydrogen (secondary N) is 1. The third kappa shape index (κ3) is 6.94. The molecule has 206 valence electrons. The first-order valence-electron chi connectivity index (χ1n) is 13.5. The van der Waals surface area contributed by atoms with E-state index < -0.39 is 24.1 Å². The van der Waals surface area contributed by atoms with Crippen LogP contribution in [0.1, 0.15) is 71.3 Å². The number of esters is 2. The van der Waals surface area contributed by atoms with Gasteiger partial charge >= 0.3 is 11.9 Å². The van der Waals surface area contributed by atoms with Gasteiger partial charge in [0.2, 0.25) is 5.91 Å². The summed E-state index contributed by atoms with van der Waals surface area (Å²) in [4.78, 5) is 41.2. The van der Waals surface area contributed by atoms with Gasteiger partial charge in [-0.15, -0.1) is 0 Å².